The van der Waals surface area contributed by atoms with Gasteiger partial charge in [0.05, 0.1) is 9.90 Å². The van der Waals surface area contributed by atoms with Crippen LogP contribution in [-0.2, 0) is 10.0 Å². The molecule has 3 aliphatic rings. The fraction of sp³-hybridized carbons (Fsp3) is 0.615. The topological polar surface area (TPSA) is 89.3 Å². The van der Waals surface area contributed by atoms with Crippen molar-refractivity contribution >= 4 is 38.9 Å². The van der Waals surface area contributed by atoms with Gasteiger partial charge in [-0.15, -0.1) is 11.3 Å². The first kappa shape index (κ1) is 14.0. The van der Waals surface area contributed by atoms with Gasteiger partial charge in [0, 0.05) is 6.04 Å². The number of rotatable bonds is 3. The molecule has 1 aromatic rings. The van der Waals surface area contributed by atoms with E-state index in [1.807, 2.05) is 0 Å². The molecule has 0 aromatic carbocycles. The molecule has 3 saturated carbocycles. The lowest BCUT2D eigenvalue weighted by Crippen LogP contribution is -2.31. The molecule has 3 fully saturated rings. The van der Waals surface area contributed by atoms with Crippen LogP contribution in [0.15, 0.2) is 10.3 Å². The molecular formula is C13H15ClN2O3S2. The molecule has 8 heteroatoms. The Balaban J connectivity index is 1.55. The third-order valence-corrected chi connectivity index (χ3v) is 7.95. The normalized spacial score (nSPS) is 36.6. The Morgan fingerprint density at radius 2 is 1.95 bits per heavy atom. The van der Waals surface area contributed by atoms with E-state index in [0.29, 0.717) is 11.8 Å². The van der Waals surface area contributed by atoms with Crippen molar-refractivity contribution in [2.45, 2.75) is 29.5 Å². The second-order valence-electron chi connectivity index (χ2n) is 6.28. The Labute approximate surface area is 131 Å². The minimum atomic E-state index is -3.93. The number of hydrogen-bond donors (Lipinski definition) is 2. The Kier molecular flexibility index (Phi) is 2.96. The molecule has 1 amide bonds. The number of halogens is 1. The summed E-state index contributed by atoms with van der Waals surface area (Å²) >= 11 is 6.66. The predicted octanol–water partition coefficient (Wildman–Crippen LogP) is 1.82. The van der Waals surface area contributed by atoms with Crippen molar-refractivity contribution in [3.8, 4) is 0 Å². The Morgan fingerprint density at radius 1 is 1.33 bits per heavy atom. The smallest absolute Gasteiger partial charge is 0.253 e. The van der Waals surface area contributed by atoms with E-state index in [1.165, 1.54) is 25.3 Å². The largest absolute Gasteiger partial charge is 0.349 e. The van der Waals surface area contributed by atoms with Crippen molar-refractivity contribution in [3.63, 3.8) is 0 Å². The molecular weight excluding hydrogens is 332 g/mol. The number of amides is 1. The predicted molar refractivity (Wildman–Crippen MR) is 79.8 cm³/mol. The lowest BCUT2D eigenvalue weighted by molar-refractivity contribution is 0.0942. The molecule has 0 unspecified atom stereocenters. The third-order valence-electron chi connectivity index (χ3n) is 5.20. The highest BCUT2D eigenvalue weighted by atomic mass is 35.5. The second kappa shape index (κ2) is 4.44. The quantitative estimate of drug-likeness (QED) is 0.874. The van der Waals surface area contributed by atoms with Crippen molar-refractivity contribution in [1.29, 1.82) is 0 Å². The van der Waals surface area contributed by atoms with Crippen LogP contribution in [0.2, 0.25) is 4.34 Å². The number of hydrogen-bond acceptors (Lipinski definition) is 4. The monoisotopic (exact) mass is 346 g/mol. The molecule has 114 valence electrons. The van der Waals surface area contributed by atoms with Gasteiger partial charge in [0.2, 0.25) is 10.0 Å². The number of sulfonamides is 1. The average molecular weight is 347 g/mol. The third kappa shape index (κ3) is 2.13. The van der Waals surface area contributed by atoms with Gasteiger partial charge in [-0.3, -0.25) is 4.79 Å². The Hall–Kier alpha value is -0.630. The molecule has 4 atom stereocenters. The summed E-state index contributed by atoms with van der Waals surface area (Å²) in [4.78, 5) is 12.4. The van der Waals surface area contributed by atoms with Crippen LogP contribution in [-0.4, -0.2) is 20.4 Å². The lowest BCUT2D eigenvalue weighted by atomic mass is 10.0. The fourth-order valence-electron chi connectivity index (χ4n) is 4.46. The molecule has 3 N–H and O–H groups in total. The maximum Gasteiger partial charge on any atom is 0.253 e. The van der Waals surface area contributed by atoms with Gasteiger partial charge in [0.15, 0.2) is 0 Å². The van der Waals surface area contributed by atoms with Crippen molar-refractivity contribution in [3.05, 3.63) is 16.0 Å². The second-order valence-corrected chi connectivity index (χ2v) is 9.72. The standard InChI is InChI=1S/C13H15ClN2O3S2/c14-8-4-7(13(20-8)21(15,18)19)12(17)16-11-9-5-1-2-6(3-5)10(9)11/h4-6,9-11H,1-3H2,(H,16,17)(H2,15,18,19)/t5-,6-,9+,10+/m0/s1. The zero-order chi connectivity index (χ0) is 14.9. The highest BCUT2D eigenvalue weighted by molar-refractivity contribution is 7.91. The molecule has 21 heavy (non-hydrogen) atoms. The molecule has 0 aliphatic heterocycles. The van der Waals surface area contributed by atoms with E-state index >= 15 is 0 Å². The van der Waals surface area contributed by atoms with Crippen molar-refractivity contribution in [2.24, 2.45) is 28.8 Å². The molecule has 3 aliphatic carbocycles. The first-order valence-corrected chi connectivity index (χ1v) is 9.73. The summed E-state index contributed by atoms with van der Waals surface area (Å²) in [6, 6.07) is 1.59. The minimum absolute atomic E-state index is 0.0739. The van der Waals surface area contributed by atoms with Gasteiger partial charge in [0.1, 0.15) is 4.21 Å². The summed E-state index contributed by atoms with van der Waals surface area (Å²) in [5, 5.41) is 8.13. The van der Waals surface area contributed by atoms with Crippen LogP contribution < -0.4 is 10.5 Å². The fourth-order valence-corrected chi connectivity index (χ4v) is 6.75. The van der Waals surface area contributed by atoms with Crippen molar-refractivity contribution in [2.75, 3.05) is 0 Å². The van der Waals surface area contributed by atoms with Crippen LogP contribution in [0.1, 0.15) is 29.6 Å². The number of nitrogens with one attached hydrogen (secondary N) is 1. The van der Waals surface area contributed by atoms with Crippen LogP contribution in [0.25, 0.3) is 0 Å². The number of nitrogens with two attached hydrogens (primary N) is 1. The van der Waals surface area contributed by atoms with Crippen molar-refractivity contribution in [1.82, 2.24) is 5.32 Å². The Morgan fingerprint density at radius 3 is 2.52 bits per heavy atom. The lowest BCUT2D eigenvalue weighted by Gasteiger charge is -2.10. The van der Waals surface area contributed by atoms with Gasteiger partial charge in [-0.2, -0.15) is 0 Å². The number of fused-ring (bicyclic) bond motifs is 5. The molecule has 4 rings (SSSR count). The molecule has 5 nitrogen and oxygen atoms in total. The molecule has 0 radical (unpaired) electrons. The van der Waals surface area contributed by atoms with Gasteiger partial charge in [0.25, 0.3) is 5.91 Å². The highest BCUT2D eigenvalue weighted by Crippen LogP contribution is 2.65. The van der Waals surface area contributed by atoms with Gasteiger partial charge in [-0.25, -0.2) is 13.6 Å². The minimum Gasteiger partial charge on any atom is -0.349 e. The van der Waals surface area contributed by atoms with Crippen LogP contribution in [0.5, 0.6) is 0 Å². The highest BCUT2D eigenvalue weighted by Gasteiger charge is 2.65. The van der Waals surface area contributed by atoms with Crippen LogP contribution in [0.4, 0.5) is 0 Å². The van der Waals surface area contributed by atoms with E-state index in [-0.39, 0.29) is 26.1 Å². The molecule has 1 heterocycles. The summed E-state index contributed by atoms with van der Waals surface area (Å²) in [6.45, 7) is 0. The summed E-state index contributed by atoms with van der Waals surface area (Å²) < 4.78 is 23.2. The van der Waals surface area contributed by atoms with E-state index in [0.717, 1.165) is 23.2 Å². The zero-order valence-electron chi connectivity index (χ0n) is 11.1. The number of thiophene rings is 1. The van der Waals surface area contributed by atoms with Crippen molar-refractivity contribution < 1.29 is 13.2 Å². The van der Waals surface area contributed by atoms with Crippen LogP contribution >= 0.6 is 22.9 Å². The molecule has 0 saturated heterocycles. The van der Waals surface area contributed by atoms with Crippen LogP contribution in [0.3, 0.4) is 0 Å². The zero-order valence-corrected chi connectivity index (χ0v) is 13.5. The van der Waals surface area contributed by atoms with E-state index in [2.05, 4.69) is 5.32 Å². The maximum absolute atomic E-state index is 12.4. The van der Waals surface area contributed by atoms with E-state index in [1.54, 1.807) is 0 Å². The van der Waals surface area contributed by atoms with Gasteiger partial charge < -0.3 is 5.32 Å². The Bertz CT molecular complexity index is 714. The molecule has 0 spiro atoms. The van der Waals surface area contributed by atoms with Gasteiger partial charge >= 0.3 is 0 Å². The van der Waals surface area contributed by atoms with E-state index in [4.69, 9.17) is 16.7 Å². The first-order chi connectivity index (χ1) is 9.86. The van der Waals surface area contributed by atoms with Gasteiger partial charge in [-0.1, -0.05) is 11.6 Å². The summed E-state index contributed by atoms with van der Waals surface area (Å²) in [5.41, 5.74) is 0.0739. The first-order valence-electron chi connectivity index (χ1n) is 6.99. The maximum atomic E-state index is 12.4. The number of primary sulfonamides is 1. The van der Waals surface area contributed by atoms with Gasteiger partial charge in [-0.05, 0) is 49.0 Å². The molecule has 2 bridgehead atoms. The van der Waals surface area contributed by atoms with E-state index in [9.17, 15) is 13.2 Å². The number of carbonyl (C=O) groups excluding carboxylic acids is 1. The van der Waals surface area contributed by atoms with Crippen LogP contribution in [0, 0.1) is 23.7 Å². The summed E-state index contributed by atoms with van der Waals surface area (Å²) in [5.74, 6) is 2.31. The average Bonchev–Trinajstić information content (AvgIpc) is 2.81. The number of carbonyl (C=O) groups is 1. The summed E-state index contributed by atoms with van der Waals surface area (Å²) in [6.07, 6.45) is 3.84. The molecule has 1 aromatic heterocycles. The SMILES string of the molecule is NS(=O)(=O)c1sc(Cl)cc1C(=O)NC1[C@@H]2[C@H]3CC[C@@H](C3)[C@@H]12. The summed E-state index contributed by atoms with van der Waals surface area (Å²) in [7, 11) is -3.93. The van der Waals surface area contributed by atoms with E-state index < -0.39 is 10.0 Å².